The predicted molar refractivity (Wildman–Crippen MR) is 71.3 cm³/mol. The molecule has 1 aliphatic carbocycles. The van der Waals surface area contributed by atoms with E-state index in [0.717, 1.165) is 5.75 Å². The molecule has 1 saturated carbocycles. The van der Waals surface area contributed by atoms with Crippen LogP contribution in [0, 0.1) is 5.92 Å². The summed E-state index contributed by atoms with van der Waals surface area (Å²) in [7, 11) is 0. The number of benzene rings is 1. The lowest BCUT2D eigenvalue weighted by atomic mass is 9.87. The Balaban J connectivity index is 1.89. The van der Waals surface area contributed by atoms with Crippen LogP contribution in [-0.2, 0) is 5.41 Å². The lowest BCUT2D eigenvalue weighted by Crippen LogP contribution is -2.29. The number of ether oxygens (including phenoxy) is 1. The predicted octanol–water partition coefficient (Wildman–Crippen LogP) is 3.10. The highest BCUT2D eigenvalue weighted by molar-refractivity contribution is 5.31. The molecule has 1 aliphatic rings. The van der Waals surface area contributed by atoms with Crippen molar-refractivity contribution in [3.05, 3.63) is 29.8 Å². The Bertz CT molecular complexity index is 360. The van der Waals surface area contributed by atoms with Gasteiger partial charge in [0.25, 0.3) is 0 Å². The minimum absolute atomic E-state index is 0.197. The third-order valence-corrected chi connectivity index (χ3v) is 3.39. The molecule has 1 aromatic carbocycles. The Morgan fingerprint density at radius 2 is 1.82 bits per heavy atom. The standard InChI is InChI=1S/C15H23NO/c1-15(2,3)12-6-8-13(9-7-12)17-10-14(16)11-4-5-11/h6-9,11,14H,4-5,10,16H2,1-3H3/t14-/m0/s1. The minimum Gasteiger partial charge on any atom is -0.492 e. The summed E-state index contributed by atoms with van der Waals surface area (Å²) in [6.45, 7) is 7.28. The smallest absolute Gasteiger partial charge is 0.119 e. The van der Waals surface area contributed by atoms with Crippen molar-refractivity contribution < 1.29 is 4.74 Å². The first-order valence-electron chi connectivity index (χ1n) is 6.46. The van der Waals surface area contributed by atoms with Crippen LogP contribution in [0.25, 0.3) is 0 Å². The third kappa shape index (κ3) is 3.47. The Labute approximate surface area is 104 Å². The van der Waals surface area contributed by atoms with E-state index < -0.39 is 0 Å². The van der Waals surface area contributed by atoms with Crippen molar-refractivity contribution in [2.75, 3.05) is 6.61 Å². The highest BCUT2D eigenvalue weighted by Crippen LogP contribution is 2.32. The van der Waals surface area contributed by atoms with Crippen LogP contribution in [-0.4, -0.2) is 12.6 Å². The van der Waals surface area contributed by atoms with E-state index >= 15 is 0 Å². The first-order chi connectivity index (χ1) is 7.97. The molecule has 0 bridgehead atoms. The van der Waals surface area contributed by atoms with Gasteiger partial charge in [-0.05, 0) is 41.9 Å². The van der Waals surface area contributed by atoms with E-state index in [-0.39, 0.29) is 11.5 Å². The largest absolute Gasteiger partial charge is 0.492 e. The SMILES string of the molecule is CC(C)(C)c1ccc(OC[C@H](N)C2CC2)cc1. The molecule has 17 heavy (non-hydrogen) atoms. The summed E-state index contributed by atoms with van der Waals surface area (Å²) in [5.41, 5.74) is 7.53. The third-order valence-electron chi connectivity index (χ3n) is 3.39. The zero-order chi connectivity index (χ0) is 12.5. The van der Waals surface area contributed by atoms with E-state index in [9.17, 15) is 0 Å². The molecule has 2 N–H and O–H groups in total. The second-order valence-corrected chi connectivity index (χ2v) is 6.09. The van der Waals surface area contributed by atoms with Crippen LogP contribution in [0.1, 0.15) is 39.2 Å². The maximum Gasteiger partial charge on any atom is 0.119 e. The quantitative estimate of drug-likeness (QED) is 0.867. The number of nitrogens with two attached hydrogens (primary N) is 1. The summed E-state index contributed by atoms with van der Waals surface area (Å²) in [6, 6.07) is 8.56. The molecule has 2 rings (SSSR count). The van der Waals surface area contributed by atoms with Crippen LogP contribution in [0.3, 0.4) is 0 Å². The van der Waals surface area contributed by atoms with Crippen molar-refractivity contribution in [1.29, 1.82) is 0 Å². The van der Waals surface area contributed by atoms with Gasteiger partial charge in [-0.1, -0.05) is 32.9 Å². The van der Waals surface area contributed by atoms with Gasteiger partial charge < -0.3 is 10.5 Å². The van der Waals surface area contributed by atoms with Gasteiger partial charge in [0.1, 0.15) is 12.4 Å². The molecule has 0 amide bonds. The van der Waals surface area contributed by atoms with E-state index in [2.05, 4.69) is 32.9 Å². The molecule has 0 aliphatic heterocycles. The normalized spacial score (nSPS) is 17.9. The van der Waals surface area contributed by atoms with E-state index in [0.29, 0.717) is 12.5 Å². The Kier molecular flexibility index (Phi) is 3.43. The van der Waals surface area contributed by atoms with Gasteiger partial charge in [0.15, 0.2) is 0 Å². The molecule has 2 heteroatoms. The zero-order valence-corrected chi connectivity index (χ0v) is 11.1. The molecular weight excluding hydrogens is 210 g/mol. The molecule has 1 atom stereocenters. The Morgan fingerprint density at radius 3 is 2.29 bits per heavy atom. The molecule has 94 valence electrons. The van der Waals surface area contributed by atoms with Crippen molar-refractivity contribution in [3.8, 4) is 5.75 Å². The summed E-state index contributed by atoms with van der Waals surface area (Å²) >= 11 is 0. The monoisotopic (exact) mass is 233 g/mol. The molecule has 1 aromatic rings. The fourth-order valence-electron chi connectivity index (χ4n) is 1.90. The zero-order valence-electron chi connectivity index (χ0n) is 11.1. The molecule has 2 nitrogen and oxygen atoms in total. The number of hydrogen-bond acceptors (Lipinski definition) is 2. The van der Waals surface area contributed by atoms with E-state index in [4.69, 9.17) is 10.5 Å². The fourth-order valence-corrected chi connectivity index (χ4v) is 1.90. The van der Waals surface area contributed by atoms with Crippen LogP contribution in [0.5, 0.6) is 5.75 Å². The van der Waals surface area contributed by atoms with Gasteiger partial charge in [0.05, 0.1) is 0 Å². The topological polar surface area (TPSA) is 35.2 Å². The number of hydrogen-bond donors (Lipinski definition) is 1. The molecule has 0 spiro atoms. The molecular formula is C15H23NO. The minimum atomic E-state index is 0.197. The second-order valence-electron chi connectivity index (χ2n) is 6.09. The first-order valence-corrected chi connectivity index (χ1v) is 6.46. The van der Waals surface area contributed by atoms with Gasteiger partial charge >= 0.3 is 0 Å². The van der Waals surface area contributed by atoms with Gasteiger partial charge in [0, 0.05) is 6.04 Å². The van der Waals surface area contributed by atoms with Crippen LogP contribution in [0.4, 0.5) is 0 Å². The van der Waals surface area contributed by atoms with Crippen molar-refractivity contribution in [1.82, 2.24) is 0 Å². The highest BCUT2D eigenvalue weighted by Gasteiger charge is 2.28. The molecule has 0 heterocycles. The molecule has 0 aromatic heterocycles. The van der Waals surface area contributed by atoms with E-state index in [1.165, 1.54) is 18.4 Å². The second kappa shape index (κ2) is 4.69. The van der Waals surface area contributed by atoms with E-state index in [1.54, 1.807) is 0 Å². The fraction of sp³-hybridized carbons (Fsp3) is 0.600. The molecule has 0 unspecified atom stereocenters. The molecule has 0 saturated heterocycles. The average molecular weight is 233 g/mol. The van der Waals surface area contributed by atoms with Gasteiger partial charge in [-0.25, -0.2) is 0 Å². The Morgan fingerprint density at radius 1 is 1.24 bits per heavy atom. The summed E-state index contributed by atoms with van der Waals surface area (Å²) in [6.07, 6.45) is 2.54. The van der Waals surface area contributed by atoms with Crippen LogP contribution >= 0.6 is 0 Å². The maximum absolute atomic E-state index is 6.00. The Hall–Kier alpha value is -1.02. The van der Waals surface area contributed by atoms with Crippen molar-refractivity contribution in [3.63, 3.8) is 0 Å². The van der Waals surface area contributed by atoms with E-state index in [1.807, 2.05) is 12.1 Å². The van der Waals surface area contributed by atoms with Crippen molar-refractivity contribution in [2.45, 2.75) is 45.1 Å². The van der Waals surface area contributed by atoms with Crippen molar-refractivity contribution in [2.24, 2.45) is 11.7 Å². The first kappa shape index (κ1) is 12.4. The van der Waals surface area contributed by atoms with Crippen LogP contribution in [0.15, 0.2) is 24.3 Å². The van der Waals surface area contributed by atoms with Gasteiger partial charge in [-0.3, -0.25) is 0 Å². The van der Waals surface area contributed by atoms with Crippen LogP contribution in [0.2, 0.25) is 0 Å². The molecule has 0 radical (unpaired) electrons. The van der Waals surface area contributed by atoms with Crippen LogP contribution < -0.4 is 10.5 Å². The maximum atomic E-state index is 6.00. The highest BCUT2D eigenvalue weighted by atomic mass is 16.5. The van der Waals surface area contributed by atoms with Gasteiger partial charge in [-0.2, -0.15) is 0 Å². The molecule has 1 fully saturated rings. The lowest BCUT2D eigenvalue weighted by Gasteiger charge is -2.19. The number of rotatable bonds is 4. The summed E-state index contributed by atoms with van der Waals surface area (Å²) in [5.74, 6) is 1.62. The summed E-state index contributed by atoms with van der Waals surface area (Å²) < 4.78 is 5.71. The van der Waals surface area contributed by atoms with Gasteiger partial charge in [-0.15, -0.1) is 0 Å². The lowest BCUT2D eigenvalue weighted by molar-refractivity contribution is 0.276. The summed E-state index contributed by atoms with van der Waals surface area (Å²) in [4.78, 5) is 0. The van der Waals surface area contributed by atoms with Gasteiger partial charge in [0.2, 0.25) is 0 Å². The average Bonchev–Trinajstić information content (AvgIpc) is 3.09. The van der Waals surface area contributed by atoms with Crippen molar-refractivity contribution >= 4 is 0 Å². The summed E-state index contributed by atoms with van der Waals surface area (Å²) in [5, 5.41) is 0.